The molecule has 1 rings (SSSR count). The van der Waals surface area contributed by atoms with E-state index in [0.29, 0.717) is 6.54 Å². The quantitative estimate of drug-likeness (QED) is 0.801. The second kappa shape index (κ2) is 7.28. The second-order valence-corrected chi connectivity index (χ2v) is 5.25. The molecule has 0 bridgehead atoms. The number of carbonyl (C=O) groups excluding carboxylic acids is 1. The van der Waals surface area contributed by atoms with Crippen molar-refractivity contribution in [2.24, 2.45) is 7.05 Å². The molecule has 1 heterocycles. The molecule has 1 aromatic rings. The van der Waals surface area contributed by atoms with Crippen molar-refractivity contribution < 1.29 is 4.79 Å². The van der Waals surface area contributed by atoms with Gasteiger partial charge < -0.3 is 15.1 Å². The molecule has 20 heavy (non-hydrogen) atoms. The zero-order valence-electron chi connectivity index (χ0n) is 13.5. The first kappa shape index (κ1) is 16.5. The molecule has 0 atom stereocenters. The van der Waals surface area contributed by atoms with E-state index in [4.69, 9.17) is 0 Å². The summed E-state index contributed by atoms with van der Waals surface area (Å²) in [6.07, 6.45) is 0.990. The van der Waals surface area contributed by atoms with Gasteiger partial charge in [-0.05, 0) is 20.4 Å². The van der Waals surface area contributed by atoms with Gasteiger partial charge in [-0.1, -0.05) is 6.92 Å². The molecule has 0 radical (unpaired) electrons. The number of rotatable bonds is 7. The molecule has 1 N–H and O–H groups in total. The lowest BCUT2D eigenvalue weighted by Gasteiger charge is -2.26. The second-order valence-electron chi connectivity index (χ2n) is 5.25. The highest BCUT2D eigenvalue weighted by Crippen LogP contribution is 2.23. The number of hydrogen-bond acceptors (Lipinski definition) is 4. The van der Waals surface area contributed by atoms with Gasteiger partial charge in [-0.25, -0.2) is 0 Å². The van der Waals surface area contributed by atoms with Crippen molar-refractivity contribution in [1.29, 1.82) is 0 Å². The first-order valence-electron chi connectivity index (χ1n) is 7.04. The maximum absolute atomic E-state index is 12.0. The molecule has 0 spiro atoms. The summed E-state index contributed by atoms with van der Waals surface area (Å²) in [5.74, 6) is 1.14. The Bertz CT molecular complexity index is 453. The topological polar surface area (TPSA) is 53.4 Å². The Morgan fingerprint density at radius 2 is 2.05 bits per heavy atom. The lowest BCUT2D eigenvalue weighted by molar-refractivity contribution is -0.127. The summed E-state index contributed by atoms with van der Waals surface area (Å²) in [5.41, 5.74) is 2.17. The van der Waals surface area contributed by atoms with Crippen LogP contribution in [0.4, 0.5) is 5.82 Å². The van der Waals surface area contributed by atoms with Crippen LogP contribution in [0.2, 0.25) is 0 Å². The van der Waals surface area contributed by atoms with E-state index in [1.54, 1.807) is 19.0 Å². The molecule has 0 fully saturated rings. The highest BCUT2D eigenvalue weighted by molar-refractivity contribution is 5.81. The Balaban J connectivity index is 3.10. The van der Waals surface area contributed by atoms with Crippen LogP contribution >= 0.6 is 0 Å². The summed E-state index contributed by atoms with van der Waals surface area (Å²) in [4.78, 5) is 15.8. The molecule has 0 saturated heterocycles. The molecule has 6 heteroatoms. The molecule has 1 amide bonds. The zero-order valence-corrected chi connectivity index (χ0v) is 13.5. The van der Waals surface area contributed by atoms with Crippen molar-refractivity contribution in [3.05, 3.63) is 11.3 Å². The van der Waals surface area contributed by atoms with Crippen molar-refractivity contribution in [2.75, 3.05) is 39.1 Å². The minimum atomic E-state index is 0.104. The van der Waals surface area contributed by atoms with Crippen molar-refractivity contribution in [1.82, 2.24) is 20.0 Å². The maximum atomic E-state index is 12.0. The summed E-state index contributed by atoms with van der Waals surface area (Å²) < 4.78 is 1.88. The predicted octanol–water partition coefficient (Wildman–Crippen LogP) is 0.753. The fraction of sp³-hybridized carbons (Fsp3) is 0.714. The summed E-state index contributed by atoms with van der Waals surface area (Å²) in [6, 6.07) is 0. The Morgan fingerprint density at radius 3 is 2.55 bits per heavy atom. The van der Waals surface area contributed by atoms with Crippen molar-refractivity contribution in [2.45, 2.75) is 26.8 Å². The monoisotopic (exact) mass is 281 g/mol. The van der Waals surface area contributed by atoms with Gasteiger partial charge in [0.2, 0.25) is 5.91 Å². The van der Waals surface area contributed by atoms with E-state index >= 15 is 0 Å². The molecule has 0 aliphatic rings. The fourth-order valence-electron chi connectivity index (χ4n) is 2.30. The van der Waals surface area contributed by atoms with Gasteiger partial charge in [0.05, 0.1) is 12.2 Å². The number of amides is 1. The fourth-order valence-corrected chi connectivity index (χ4v) is 2.30. The molecule has 6 nitrogen and oxygen atoms in total. The highest BCUT2D eigenvalue weighted by Gasteiger charge is 2.21. The molecule has 0 aliphatic carbocycles. The van der Waals surface area contributed by atoms with Crippen LogP contribution in [0.1, 0.15) is 24.6 Å². The van der Waals surface area contributed by atoms with Crippen LogP contribution in [0.5, 0.6) is 0 Å². The SMILES string of the molecule is CCCN(CC(=O)N(C)C)c1c(CNC)c(C)nn1C. The van der Waals surface area contributed by atoms with E-state index < -0.39 is 0 Å². The Kier molecular flexibility index (Phi) is 6.01. The van der Waals surface area contributed by atoms with E-state index in [1.807, 2.05) is 25.7 Å². The van der Waals surface area contributed by atoms with Gasteiger partial charge in [0.1, 0.15) is 5.82 Å². The normalized spacial score (nSPS) is 10.7. The van der Waals surface area contributed by atoms with Crippen LogP contribution in [0, 0.1) is 6.92 Å². The average Bonchev–Trinajstić information content (AvgIpc) is 2.64. The van der Waals surface area contributed by atoms with Gasteiger partial charge in [-0.2, -0.15) is 5.10 Å². The lowest BCUT2D eigenvalue weighted by Crippen LogP contribution is -2.38. The molecule has 1 aromatic heterocycles. The Morgan fingerprint density at radius 1 is 1.40 bits per heavy atom. The van der Waals surface area contributed by atoms with E-state index in [1.165, 1.54) is 0 Å². The molecular formula is C14H27N5O. The third kappa shape index (κ3) is 3.72. The smallest absolute Gasteiger partial charge is 0.241 e. The van der Waals surface area contributed by atoms with Crippen molar-refractivity contribution >= 4 is 11.7 Å². The van der Waals surface area contributed by atoms with E-state index in [0.717, 1.165) is 36.6 Å². The number of anilines is 1. The first-order valence-corrected chi connectivity index (χ1v) is 7.04. The van der Waals surface area contributed by atoms with Crippen LogP contribution in [-0.2, 0) is 18.4 Å². The number of nitrogens with one attached hydrogen (secondary N) is 1. The average molecular weight is 281 g/mol. The van der Waals surface area contributed by atoms with Crippen molar-refractivity contribution in [3.63, 3.8) is 0 Å². The summed E-state index contributed by atoms with van der Waals surface area (Å²) in [6.45, 7) is 6.11. The van der Waals surface area contributed by atoms with Crippen LogP contribution in [0.15, 0.2) is 0 Å². The standard InChI is InChI=1S/C14H27N5O/c1-7-8-19(10-13(20)17(4)5)14-12(9-15-3)11(2)16-18(14)6/h15H,7-10H2,1-6H3. The van der Waals surface area contributed by atoms with Gasteiger partial charge >= 0.3 is 0 Å². The summed E-state index contributed by atoms with van der Waals surface area (Å²) in [5, 5.41) is 7.67. The lowest BCUT2D eigenvalue weighted by atomic mass is 10.2. The Hall–Kier alpha value is -1.56. The maximum Gasteiger partial charge on any atom is 0.241 e. The van der Waals surface area contributed by atoms with Gasteiger partial charge in [-0.15, -0.1) is 0 Å². The van der Waals surface area contributed by atoms with Crippen LogP contribution in [-0.4, -0.2) is 54.8 Å². The predicted molar refractivity (Wildman–Crippen MR) is 81.9 cm³/mol. The van der Waals surface area contributed by atoms with Gasteiger partial charge in [-0.3, -0.25) is 9.48 Å². The van der Waals surface area contributed by atoms with E-state index in [-0.39, 0.29) is 5.91 Å². The third-order valence-corrected chi connectivity index (χ3v) is 3.28. The Labute approximate surface area is 121 Å². The number of carbonyl (C=O) groups is 1. The number of hydrogen-bond donors (Lipinski definition) is 1. The molecule has 0 saturated carbocycles. The third-order valence-electron chi connectivity index (χ3n) is 3.28. The minimum Gasteiger partial charge on any atom is -0.347 e. The number of nitrogens with zero attached hydrogens (tertiary/aromatic N) is 4. The van der Waals surface area contributed by atoms with Gasteiger partial charge in [0.15, 0.2) is 0 Å². The van der Waals surface area contributed by atoms with E-state index in [9.17, 15) is 4.79 Å². The zero-order chi connectivity index (χ0) is 15.3. The summed E-state index contributed by atoms with van der Waals surface area (Å²) in [7, 11) is 7.43. The van der Waals surface area contributed by atoms with Crippen LogP contribution in [0.3, 0.4) is 0 Å². The minimum absolute atomic E-state index is 0.104. The number of aromatic nitrogens is 2. The number of aryl methyl sites for hydroxylation is 2. The summed E-state index contributed by atoms with van der Waals surface area (Å²) >= 11 is 0. The first-order chi connectivity index (χ1) is 9.42. The van der Waals surface area contributed by atoms with Gasteiger partial charge in [0.25, 0.3) is 0 Å². The molecule has 0 aliphatic heterocycles. The van der Waals surface area contributed by atoms with Crippen molar-refractivity contribution in [3.8, 4) is 0 Å². The van der Waals surface area contributed by atoms with Crippen LogP contribution in [0.25, 0.3) is 0 Å². The molecule has 0 unspecified atom stereocenters. The largest absolute Gasteiger partial charge is 0.347 e. The molecule has 0 aromatic carbocycles. The molecule has 114 valence electrons. The molecular weight excluding hydrogens is 254 g/mol. The highest BCUT2D eigenvalue weighted by atomic mass is 16.2. The van der Waals surface area contributed by atoms with Crippen LogP contribution < -0.4 is 10.2 Å². The van der Waals surface area contributed by atoms with E-state index in [2.05, 4.69) is 22.2 Å². The van der Waals surface area contributed by atoms with Gasteiger partial charge in [0, 0.05) is 39.8 Å². The number of likely N-dealkylation sites (N-methyl/N-ethyl adjacent to an activating group) is 1.